The highest BCUT2D eigenvalue weighted by molar-refractivity contribution is 7.89. The van der Waals surface area contributed by atoms with Crippen LogP contribution in [-0.2, 0) is 16.6 Å². The van der Waals surface area contributed by atoms with Crippen molar-refractivity contribution in [1.29, 1.82) is 0 Å². The minimum Gasteiger partial charge on any atom is -0.467 e. The molecule has 2 heterocycles. The molecule has 0 N–H and O–H groups in total. The molecular formula is C23H22ClN3O4S2. The van der Waals surface area contributed by atoms with Crippen LogP contribution in [0, 0.1) is 0 Å². The summed E-state index contributed by atoms with van der Waals surface area (Å²) in [5.74, 6) is 0.266. The number of carbonyl (C=O) groups excluding carboxylic acids is 1. The summed E-state index contributed by atoms with van der Waals surface area (Å²) in [6.07, 6.45) is 1.54. The third-order valence-corrected chi connectivity index (χ3v) is 8.59. The number of fused-ring (bicyclic) bond motifs is 1. The molecule has 0 bridgehead atoms. The molecule has 0 saturated heterocycles. The Morgan fingerprint density at radius 3 is 2.39 bits per heavy atom. The molecule has 0 saturated carbocycles. The average Bonchev–Trinajstić information content (AvgIpc) is 3.48. The minimum absolute atomic E-state index is 0.145. The molecule has 4 aromatic rings. The van der Waals surface area contributed by atoms with Gasteiger partial charge in [0, 0.05) is 18.7 Å². The van der Waals surface area contributed by atoms with Crippen molar-refractivity contribution in [2.45, 2.75) is 25.3 Å². The molecule has 172 valence electrons. The summed E-state index contributed by atoms with van der Waals surface area (Å²) < 4.78 is 33.2. The van der Waals surface area contributed by atoms with Crippen LogP contribution < -0.4 is 4.90 Å². The molecule has 2 aromatic carbocycles. The number of rotatable bonds is 8. The predicted molar refractivity (Wildman–Crippen MR) is 130 cm³/mol. The molecule has 0 spiro atoms. The fourth-order valence-corrected chi connectivity index (χ4v) is 6.16. The standard InChI is InChI=1S/C23H22ClN3O4S2/c1-3-26(4-2)33(29,30)18-12-10-16(11-13-18)22(28)27(15-17-7-6-14-31-17)23-25-21-19(24)8-5-9-20(21)32-23/h5-14H,3-4,15H2,1-2H3. The number of aromatic nitrogens is 1. The van der Waals surface area contributed by atoms with E-state index in [9.17, 15) is 13.2 Å². The lowest BCUT2D eigenvalue weighted by Crippen LogP contribution is -2.31. The van der Waals surface area contributed by atoms with Gasteiger partial charge in [0.25, 0.3) is 5.91 Å². The number of para-hydroxylation sites is 1. The van der Waals surface area contributed by atoms with Gasteiger partial charge < -0.3 is 4.42 Å². The molecule has 7 nitrogen and oxygen atoms in total. The highest BCUT2D eigenvalue weighted by Gasteiger charge is 2.25. The number of halogens is 1. The first-order chi connectivity index (χ1) is 15.8. The first kappa shape index (κ1) is 23.4. The van der Waals surface area contributed by atoms with E-state index in [1.165, 1.54) is 44.8 Å². The molecule has 0 fully saturated rings. The highest BCUT2D eigenvalue weighted by atomic mass is 35.5. The van der Waals surface area contributed by atoms with Gasteiger partial charge in [-0.25, -0.2) is 13.4 Å². The summed E-state index contributed by atoms with van der Waals surface area (Å²) in [5.41, 5.74) is 0.961. The fraction of sp³-hybridized carbons (Fsp3) is 0.217. The topological polar surface area (TPSA) is 83.7 Å². The van der Waals surface area contributed by atoms with Crippen molar-refractivity contribution in [3.05, 3.63) is 77.2 Å². The maximum absolute atomic E-state index is 13.5. The van der Waals surface area contributed by atoms with Gasteiger partial charge in [-0.2, -0.15) is 4.31 Å². The summed E-state index contributed by atoms with van der Waals surface area (Å²) in [4.78, 5) is 19.7. The average molecular weight is 504 g/mol. The maximum Gasteiger partial charge on any atom is 0.260 e. The number of amides is 1. The number of furan rings is 1. The lowest BCUT2D eigenvalue weighted by molar-refractivity contribution is 0.0983. The van der Waals surface area contributed by atoms with E-state index in [1.54, 1.807) is 38.3 Å². The molecule has 33 heavy (non-hydrogen) atoms. The molecule has 4 rings (SSSR count). The number of carbonyl (C=O) groups is 1. The van der Waals surface area contributed by atoms with Crippen LogP contribution in [0.4, 0.5) is 5.13 Å². The predicted octanol–water partition coefficient (Wildman–Crippen LogP) is 5.42. The van der Waals surface area contributed by atoms with Crippen LogP contribution in [0.5, 0.6) is 0 Å². The number of hydrogen-bond donors (Lipinski definition) is 0. The second-order valence-electron chi connectivity index (χ2n) is 7.17. The Morgan fingerprint density at radius 1 is 1.06 bits per heavy atom. The van der Waals surface area contributed by atoms with E-state index < -0.39 is 10.0 Å². The zero-order valence-electron chi connectivity index (χ0n) is 18.1. The Morgan fingerprint density at radius 2 is 1.79 bits per heavy atom. The largest absolute Gasteiger partial charge is 0.467 e. The zero-order chi connectivity index (χ0) is 23.6. The number of nitrogens with zero attached hydrogens (tertiary/aromatic N) is 3. The van der Waals surface area contributed by atoms with Crippen molar-refractivity contribution < 1.29 is 17.6 Å². The molecule has 0 aliphatic heterocycles. The van der Waals surface area contributed by atoms with E-state index >= 15 is 0 Å². The summed E-state index contributed by atoms with van der Waals surface area (Å²) in [7, 11) is -3.61. The molecule has 0 aliphatic rings. The van der Waals surface area contributed by atoms with Crippen molar-refractivity contribution in [2.24, 2.45) is 0 Å². The van der Waals surface area contributed by atoms with Crippen LogP contribution in [-0.4, -0.2) is 36.7 Å². The van der Waals surface area contributed by atoms with E-state index in [0.717, 1.165) is 4.70 Å². The molecule has 0 unspecified atom stereocenters. The van der Waals surface area contributed by atoms with Crippen molar-refractivity contribution in [3.8, 4) is 0 Å². The van der Waals surface area contributed by atoms with E-state index in [0.29, 0.717) is 40.1 Å². The number of sulfonamides is 1. The maximum atomic E-state index is 13.5. The Balaban J connectivity index is 1.70. The second-order valence-corrected chi connectivity index (χ2v) is 10.5. The van der Waals surface area contributed by atoms with Crippen LogP contribution in [0.2, 0.25) is 5.02 Å². The van der Waals surface area contributed by atoms with Crippen LogP contribution in [0.1, 0.15) is 30.0 Å². The van der Waals surface area contributed by atoms with Gasteiger partial charge >= 0.3 is 0 Å². The van der Waals surface area contributed by atoms with Gasteiger partial charge in [0.1, 0.15) is 11.3 Å². The van der Waals surface area contributed by atoms with Gasteiger partial charge in [-0.15, -0.1) is 0 Å². The van der Waals surface area contributed by atoms with Crippen LogP contribution in [0.3, 0.4) is 0 Å². The van der Waals surface area contributed by atoms with Gasteiger partial charge in [-0.1, -0.05) is 42.9 Å². The van der Waals surface area contributed by atoms with E-state index in [-0.39, 0.29) is 17.3 Å². The SMILES string of the molecule is CCN(CC)S(=O)(=O)c1ccc(C(=O)N(Cc2ccco2)c2nc3c(Cl)cccc3s2)cc1. The second kappa shape index (κ2) is 9.64. The molecule has 10 heteroatoms. The summed E-state index contributed by atoms with van der Waals surface area (Å²) in [6, 6.07) is 15.0. The first-order valence-corrected chi connectivity index (χ1v) is 13.0. The third-order valence-electron chi connectivity index (χ3n) is 5.17. The van der Waals surface area contributed by atoms with Crippen molar-refractivity contribution in [1.82, 2.24) is 9.29 Å². The summed E-state index contributed by atoms with van der Waals surface area (Å²) >= 11 is 7.63. The van der Waals surface area contributed by atoms with Crippen molar-refractivity contribution in [2.75, 3.05) is 18.0 Å². The van der Waals surface area contributed by atoms with Crippen LogP contribution >= 0.6 is 22.9 Å². The first-order valence-electron chi connectivity index (χ1n) is 10.3. The number of anilines is 1. The zero-order valence-corrected chi connectivity index (χ0v) is 20.5. The van der Waals surface area contributed by atoms with E-state index in [4.69, 9.17) is 16.0 Å². The smallest absolute Gasteiger partial charge is 0.260 e. The van der Waals surface area contributed by atoms with Gasteiger partial charge in [-0.3, -0.25) is 9.69 Å². The Bertz CT molecular complexity index is 1360. The molecule has 1 amide bonds. The van der Waals surface area contributed by atoms with Crippen molar-refractivity contribution >= 4 is 54.2 Å². The number of hydrogen-bond acceptors (Lipinski definition) is 6. The van der Waals surface area contributed by atoms with Gasteiger partial charge in [0.05, 0.1) is 27.4 Å². The Kier molecular flexibility index (Phi) is 6.85. The monoisotopic (exact) mass is 503 g/mol. The van der Waals surface area contributed by atoms with Gasteiger partial charge in [0.2, 0.25) is 10.0 Å². The quantitative estimate of drug-likeness (QED) is 0.320. The molecule has 0 atom stereocenters. The minimum atomic E-state index is -3.61. The van der Waals surface area contributed by atoms with Gasteiger partial charge in [-0.05, 0) is 48.5 Å². The lowest BCUT2D eigenvalue weighted by Gasteiger charge is -2.20. The lowest BCUT2D eigenvalue weighted by atomic mass is 10.2. The van der Waals surface area contributed by atoms with Gasteiger partial charge in [0.15, 0.2) is 5.13 Å². The van der Waals surface area contributed by atoms with Crippen LogP contribution in [0.25, 0.3) is 10.2 Å². The van der Waals surface area contributed by atoms with Crippen LogP contribution in [0.15, 0.2) is 70.2 Å². The molecule has 2 aromatic heterocycles. The normalized spacial score (nSPS) is 11.9. The Hall–Kier alpha value is -2.72. The number of benzene rings is 2. The highest BCUT2D eigenvalue weighted by Crippen LogP contribution is 2.34. The molecular weight excluding hydrogens is 482 g/mol. The summed E-state index contributed by atoms with van der Waals surface area (Å²) in [6.45, 7) is 4.49. The third kappa shape index (κ3) is 4.67. The van der Waals surface area contributed by atoms with Crippen molar-refractivity contribution in [3.63, 3.8) is 0 Å². The Labute approximate surface area is 201 Å². The number of thiazole rings is 1. The molecule has 0 radical (unpaired) electrons. The fourth-order valence-electron chi connectivity index (χ4n) is 3.44. The molecule has 0 aliphatic carbocycles. The summed E-state index contributed by atoms with van der Waals surface area (Å²) in [5, 5.41) is 0.977. The van der Waals surface area contributed by atoms with E-state index in [2.05, 4.69) is 4.98 Å². The van der Waals surface area contributed by atoms with E-state index in [1.807, 2.05) is 12.1 Å².